The number of thiazole rings is 1. The van der Waals surface area contributed by atoms with E-state index in [0.29, 0.717) is 53.5 Å². The van der Waals surface area contributed by atoms with Crippen LogP contribution in [0.4, 0.5) is 4.39 Å². The van der Waals surface area contributed by atoms with Crippen LogP contribution in [-0.2, 0) is 25.2 Å². The van der Waals surface area contributed by atoms with E-state index in [4.69, 9.17) is 21.3 Å². The van der Waals surface area contributed by atoms with Crippen molar-refractivity contribution in [2.24, 2.45) is 16.8 Å². The van der Waals surface area contributed by atoms with E-state index in [1.807, 2.05) is 11.0 Å². The number of benzene rings is 1. The van der Waals surface area contributed by atoms with Crippen molar-refractivity contribution in [3.8, 4) is 0 Å². The summed E-state index contributed by atoms with van der Waals surface area (Å²) in [6, 6.07) is 7.84. The Bertz CT molecular complexity index is 1790. The molecule has 4 heterocycles. The number of rotatable bonds is 7. The second-order valence-electron chi connectivity index (χ2n) is 12.1. The van der Waals surface area contributed by atoms with Crippen molar-refractivity contribution in [3.63, 3.8) is 0 Å². The molecule has 7 rings (SSSR count). The zero-order valence-electron chi connectivity index (χ0n) is 24.3. The molecule has 236 valence electrons. The van der Waals surface area contributed by atoms with Crippen LogP contribution in [-0.4, -0.2) is 65.1 Å². The van der Waals surface area contributed by atoms with Crippen LogP contribution in [0.2, 0.25) is 5.02 Å². The van der Waals surface area contributed by atoms with Crippen molar-refractivity contribution < 1.29 is 27.4 Å². The summed E-state index contributed by atoms with van der Waals surface area (Å²) >= 11 is 7.82. The average Bonchev–Trinajstić information content (AvgIpc) is 3.75. The molecule has 3 fully saturated rings. The zero-order chi connectivity index (χ0) is 31.5. The molecule has 0 radical (unpaired) electrons. The highest BCUT2D eigenvalue weighted by atomic mass is 35.5. The third-order valence-corrected chi connectivity index (χ3v) is 12.7. The standard InChI is InChI=1S/C31H31ClFN5O5S2/c1-43-30(39)25-23-13-20(16-38(23)28(29-35-10-11-44-29)36-26(25)21-8-7-19(33)12-22(21)32)37-45(41,42)27-17-5-6-18(27)15-31(40,14-17)24-4-2-3-9-34-24/h2-4,7-12,17-18,20,26-27,37,40H,5-6,13-16H2,1H3/t17?,18?,20?,26-,27?,31?/m0/s1. The lowest BCUT2D eigenvalue weighted by Crippen LogP contribution is -2.51. The van der Waals surface area contributed by atoms with E-state index in [1.54, 1.807) is 29.9 Å². The Labute approximate surface area is 269 Å². The van der Waals surface area contributed by atoms with Crippen molar-refractivity contribution in [1.82, 2.24) is 19.6 Å². The SMILES string of the molecule is COC(=O)C1=C2CC(NS(=O)(=O)C3C4CCC3CC(O)(c3ccccn3)C4)CN2C(c2nccs2)=N[C@H]1c1ccc(F)cc1Cl. The molecule has 45 heavy (non-hydrogen) atoms. The highest BCUT2D eigenvalue weighted by Crippen LogP contribution is 2.53. The molecule has 2 saturated carbocycles. The molecule has 2 bridgehead atoms. The third-order valence-electron chi connectivity index (χ3n) is 9.41. The van der Waals surface area contributed by atoms with E-state index < -0.39 is 44.7 Å². The number of carbonyl (C=O) groups is 1. The van der Waals surface area contributed by atoms with E-state index in [0.717, 1.165) is 0 Å². The summed E-state index contributed by atoms with van der Waals surface area (Å²) < 4.78 is 50.3. The van der Waals surface area contributed by atoms with Gasteiger partial charge in [-0.2, -0.15) is 0 Å². The highest BCUT2D eigenvalue weighted by Gasteiger charge is 2.55. The Morgan fingerprint density at radius 1 is 1.18 bits per heavy atom. The molecule has 0 spiro atoms. The van der Waals surface area contributed by atoms with Gasteiger partial charge in [-0.25, -0.2) is 27.3 Å². The van der Waals surface area contributed by atoms with Crippen LogP contribution in [0.3, 0.4) is 0 Å². The quantitative estimate of drug-likeness (QED) is 0.355. The second-order valence-corrected chi connectivity index (χ2v) is 15.3. The number of hydrogen-bond acceptors (Lipinski definition) is 10. The van der Waals surface area contributed by atoms with Gasteiger partial charge in [0.25, 0.3) is 0 Å². The first kappa shape index (κ1) is 30.4. The van der Waals surface area contributed by atoms with Gasteiger partial charge in [-0.1, -0.05) is 23.7 Å². The molecule has 3 aromatic rings. The van der Waals surface area contributed by atoms with Crippen molar-refractivity contribution in [3.05, 3.63) is 92.5 Å². The van der Waals surface area contributed by atoms with Gasteiger partial charge >= 0.3 is 5.97 Å². The Kier molecular flexibility index (Phi) is 7.80. The van der Waals surface area contributed by atoms with Gasteiger partial charge in [0.15, 0.2) is 10.8 Å². The molecule has 2 aromatic heterocycles. The Balaban J connectivity index is 1.21. The molecular weight excluding hydrogens is 641 g/mol. The normalized spacial score (nSPS) is 29.5. The molecule has 2 N–H and O–H groups in total. The van der Waals surface area contributed by atoms with Gasteiger partial charge in [0, 0.05) is 53.1 Å². The van der Waals surface area contributed by atoms with Gasteiger partial charge in [-0.05, 0) is 61.8 Å². The Morgan fingerprint density at radius 3 is 2.60 bits per heavy atom. The van der Waals surface area contributed by atoms with Gasteiger partial charge in [-0.15, -0.1) is 11.3 Å². The van der Waals surface area contributed by atoms with Crippen LogP contribution in [0.5, 0.6) is 0 Å². The summed E-state index contributed by atoms with van der Waals surface area (Å²) in [6.45, 7) is 0.220. The van der Waals surface area contributed by atoms with Gasteiger partial charge in [0.1, 0.15) is 17.5 Å². The fourth-order valence-electron chi connectivity index (χ4n) is 7.69. The molecule has 4 aliphatic rings. The number of ether oxygens (including phenoxy) is 1. The number of esters is 1. The number of aliphatic hydroxyl groups is 1. The number of hydrogen-bond donors (Lipinski definition) is 2. The number of nitrogens with one attached hydrogen (secondary N) is 1. The van der Waals surface area contributed by atoms with Gasteiger partial charge in [-0.3, -0.25) is 9.98 Å². The van der Waals surface area contributed by atoms with Gasteiger partial charge in [0.05, 0.1) is 23.6 Å². The van der Waals surface area contributed by atoms with Crippen LogP contribution < -0.4 is 4.72 Å². The lowest BCUT2D eigenvalue weighted by molar-refractivity contribution is -0.136. The number of pyridine rings is 1. The lowest BCUT2D eigenvalue weighted by Gasteiger charge is -2.40. The maximum atomic E-state index is 14.1. The summed E-state index contributed by atoms with van der Waals surface area (Å²) in [7, 11) is -2.56. The monoisotopic (exact) mass is 671 g/mol. The van der Waals surface area contributed by atoms with E-state index in [1.165, 1.54) is 36.6 Å². The van der Waals surface area contributed by atoms with Crippen LogP contribution in [0, 0.1) is 17.7 Å². The number of carbonyl (C=O) groups excluding carboxylic acids is 1. The lowest BCUT2D eigenvalue weighted by atomic mass is 9.75. The van der Waals surface area contributed by atoms with Crippen LogP contribution in [0.1, 0.15) is 54.4 Å². The van der Waals surface area contributed by atoms with Gasteiger partial charge < -0.3 is 14.7 Å². The smallest absolute Gasteiger partial charge is 0.338 e. The highest BCUT2D eigenvalue weighted by molar-refractivity contribution is 7.90. The minimum Gasteiger partial charge on any atom is -0.466 e. The molecule has 14 heteroatoms. The van der Waals surface area contributed by atoms with E-state index in [9.17, 15) is 22.7 Å². The molecule has 4 atom stereocenters. The molecule has 2 aliphatic heterocycles. The topological polar surface area (TPSA) is 134 Å². The Hall–Kier alpha value is -3.23. The first-order valence-corrected chi connectivity index (χ1v) is 17.5. The number of nitrogens with zero attached hydrogens (tertiary/aromatic N) is 4. The number of aromatic nitrogens is 2. The summed E-state index contributed by atoms with van der Waals surface area (Å²) in [5.41, 5.74) is 0.596. The first-order chi connectivity index (χ1) is 21.6. The number of halogens is 2. The molecule has 0 amide bonds. The van der Waals surface area contributed by atoms with Crippen molar-refractivity contribution in [2.45, 2.75) is 55.0 Å². The van der Waals surface area contributed by atoms with E-state index in [-0.39, 0.29) is 35.4 Å². The maximum absolute atomic E-state index is 14.1. The van der Waals surface area contributed by atoms with Crippen molar-refractivity contribution >= 4 is 44.8 Å². The minimum absolute atomic E-state index is 0.103. The average molecular weight is 672 g/mol. The maximum Gasteiger partial charge on any atom is 0.338 e. The minimum atomic E-state index is -3.83. The van der Waals surface area contributed by atoms with Crippen molar-refractivity contribution in [2.75, 3.05) is 13.7 Å². The molecule has 3 unspecified atom stereocenters. The van der Waals surface area contributed by atoms with Crippen LogP contribution in [0.15, 0.2) is 70.4 Å². The second kappa shape index (κ2) is 11.5. The number of methoxy groups -OCH3 is 1. The van der Waals surface area contributed by atoms with Crippen LogP contribution in [0.25, 0.3) is 0 Å². The van der Waals surface area contributed by atoms with Crippen molar-refractivity contribution in [1.29, 1.82) is 0 Å². The number of fused-ring (bicyclic) bond motifs is 3. The molecular formula is C31H31ClFN5O5S2. The summed E-state index contributed by atoms with van der Waals surface area (Å²) in [4.78, 5) is 28.8. The number of aliphatic imine (C=N–C) groups is 1. The fourth-order valence-corrected chi connectivity index (χ4v) is 10.9. The van der Waals surface area contributed by atoms with E-state index in [2.05, 4.69) is 14.7 Å². The van der Waals surface area contributed by atoms with Crippen LogP contribution >= 0.6 is 22.9 Å². The largest absolute Gasteiger partial charge is 0.466 e. The van der Waals surface area contributed by atoms with E-state index >= 15 is 0 Å². The first-order valence-electron chi connectivity index (χ1n) is 14.7. The predicted octanol–water partition coefficient (Wildman–Crippen LogP) is 4.33. The fraction of sp³-hybridized carbons (Fsp3) is 0.419. The summed E-state index contributed by atoms with van der Waals surface area (Å²) in [5.74, 6) is -1.13. The third kappa shape index (κ3) is 5.38. The number of amidine groups is 1. The summed E-state index contributed by atoms with van der Waals surface area (Å²) in [5, 5.41) is 13.4. The van der Waals surface area contributed by atoms with Gasteiger partial charge in [0.2, 0.25) is 10.0 Å². The molecule has 2 aliphatic carbocycles. The Morgan fingerprint density at radius 2 is 1.96 bits per heavy atom. The number of sulfonamides is 1. The molecule has 1 aromatic carbocycles. The summed E-state index contributed by atoms with van der Waals surface area (Å²) in [6.07, 6.45) is 5.54. The zero-order valence-corrected chi connectivity index (χ0v) is 26.7. The molecule has 10 nitrogen and oxygen atoms in total. The molecule has 1 saturated heterocycles. The predicted molar refractivity (Wildman–Crippen MR) is 166 cm³/mol.